The van der Waals surface area contributed by atoms with E-state index in [1.807, 2.05) is 114 Å². The molecule has 13 nitrogen and oxygen atoms in total. The van der Waals surface area contributed by atoms with Gasteiger partial charge >= 0.3 is 12.1 Å². The number of rotatable bonds is 16. The van der Waals surface area contributed by atoms with Gasteiger partial charge in [0.25, 0.3) is 0 Å². The molecule has 1 aliphatic heterocycles. The predicted molar refractivity (Wildman–Crippen MR) is 231 cm³/mol. The zero-order valence-corrected chi connectivity index (χ0v) is 35.7. The first-order valence-electron chi connectivity index (χ1n) is 20.4. The quantitative estimate of drug-likeness (QED) is 0.0905. The molecule has 5 rings (SSSR count). The van der Waals surface area contributed by atoms with Crippen molar-refractivity contribution in [2.24, 2.45) is 10.8 Å². The highest BCUT2D eigenvalue weighted by molar-refractivity contribution is 5.89. The molecule has 1 aliphatic rings. The van der Waals surface area contributed by atoms with Crippen molar-refractivity contribution in [3.05, 3.63) is 120 Å². The number of methoxy groups -OCH3 is 1. The van der Waals surface area contributed by atoms with Crippen LogP contribution in [0.4, 0.5) is 9.59 Å². The molecular formula is C47H60N6O7. The van der Waals surface area contributed by atoms with Crippen molar-refractivity contribution in [2.45, 2.75) is 97.6 Å². The molecule has 5 atom stereocenters. The van der Waals surface area contributed by atoms with Crippen molar-refractivity contribution < 1.29 is 34.1 Å². The molecule has 13 heteroatoms. The van der Waals surface area contributed by atoms with E-state index in [4.69, 9.17) is 4.74 Å². The second-order valence-electron chi connectivity index (χ2n) is 17.7. The number of aromatic hydroxyl groups is 1. The predicted octanol–water partition coefficient (Wildman–Crippen LogP) is 6.08. The first-order valence-corrected chi connectivity index (χ1v) is 20.4. The molecule has 0 spiro atoms. The number of carbonyl (C=O) groups excluding carboxylic acids is 4. The van der Waals surface area contributed by atoms with Crippen molar-refractivity contribution >= 4 is 23.9 Å². The van der Waals surface area contributed by atoms with Gasteiger partial charge in [0.2, 0.25) is 11.8 Å². The van der Waals surface area contributed by atoms with Gasteiger partial charge in [0.15, 0.2) is 0 Å². The normalized spacial score (nSPS) is 15.7. The highest BCUT2D eigenvalue weighted by Crippen LogP contribution is 2.30. The summed E-state index contributed by atoms with van der Waals surface area (Å²) >= 11 is 0. The molecule has 0 aliphatic carbocycles. The van der Waals surface area contributed by atoms with Crippen molar-refractivity contribution in [2.75, 3.05) is 20.2 Å². The van der Waals surface area contributed by atoms with Gasteiger partial charge in [-0.2, -0.15) is 0 Å². The van der Waals surface area contributed by atoms with E-state index in [0.29, 0.717) is 25.1 Å². The number of hydrogen-bond acceptors (Lipinski definition) is 8. The molecule has 320 valence electrons. The number of para-hydroxylation sites is 1. The van der Waals surface area contributed by atoms with E-state index in [2.05, 4.69) is 20.9 Å². The molecule has 0 radical (unpaired) electrons. The third kappa shape index (κ3) is 12.1. The molecule has 0 saturated carbocycles. The van der Waals surface area contributed by atoms with Crippen LogP contribution in [0.15, 0.2) is 103 Å². The Morgan fingerprint density at radius 2 is 1.42 bits per heavy atom. The van der Waals surface area contributed by atoms with E-state index in [0.717, 1.165) is 22.4 Å². The van der Waals surface area contributed by atoms with Crippen LogP contribution in [0.25, 0.3) is 11.3 Å². The second kappa shape index (κ2) is 19.9. The van der Waals surface area contributed by atoms with Gasteiger partial charge in [0, 0.05) is 36.5 Å². The maximum absolute atomic E-state index is 14.6. The van der Waals surface area contributed by atoms with Gasteiger partial charge < -0.3 is 40.7 Å². The fourth-order valence-corrected chi connectivity index (χ4v) is 7.67. The topological polar surface area (TPSA) is 173 Å². The average molecular weight is 821 g/mol. The fourth-order valence-electron chi connectivity index (χ4n) is 7.67. The van der Waals surface area contributed by atoms with E-state index in [1.54, 1.807) is 40.3 Å². The Labute approximate surface area is 353 Å². The number of urea groups is 1. The lowest BCUT2D eigenvalue weighted by Crippen LogP contribution is -2.59. The summed E-state index contributed by atoms with van der Waals surface area (Å²) in [6, 6.07) is 26.2. The first kappa shape index (κ1) is 45.1. The summed E-state index contributed by atoms with van der Waals surface area (Å²) in [5, 5.41) is 31.5. The number of nitrogens with one attached hydrogen (secondary N) is 3. The van der Waals surface area contributed by atoms with Crippen LogP contribution in [0.5, 0.6) is 5.75 Å². The van der Waals surface area contributed by atoms with Crippen LogP contribution < -0.4 is 16.0 Å². The lowest BCUT2D eigenvalue weighted by molar-refractivity contribution is -0.131. The van der Waals surface area contributed by atoms with Gasteiger partial charge in [0.1, 0.15) is 17.8 Å². The molecule has 5 N–H and O–H groups in total. The lowest BCUT2D eigenvalue weighted by Gasteiger charge is -2.38. The lowest BCUT2D eigenvalue weighted by atomic mass is 9.84. The van der Waals surface area contributed by atoms with Crippen molar-refractivity contribution in [1.29, 1.82) is 0 Å². The summed E-state index contributed by atoms with van der Waals surface area (Å²) in [5.41, 5.74) is 2.72. The Morgan fingerprint density at radius 1 is 0.767 bits per heavy atom. The Balaban J connectivity index is 1.42. The number of pyridine rings is 1. The first-order chi connectivity index (χ1) is 28.4. The molecular weight excluding hydrogens is 761 g/mol. The molecule has 0 bridgehead atoms. The minimum Gasteiger partial charge on any atom is -0.508 e. The molecule has 0 unspecified atom stereocenters. The van der Waals surface area contributed by atoms with Crippen LogP contribution in [0.3, 0.4) is 0 Å². The van der Waals surface area contributed by atoms with E-state index in [-0.39, 0.29) is 31.2 Å². The molecule has 1 aromatic heterocycles. The van der Waals surface area contributed by atoms with E-state index >= 15 is 0 Å². The highest BCUT2D eigenvalue weighted by Gasteiger charge is 2.44. The zero-order valence-electron chi connectivity index (χ0n) is 35.7. The molecule has 60 heavy (non-hydrogen) atoms. The Bertz CT molecular complexity index is 2050. The third-order valence-electron chi connectivity index (χ3n) is 10.8. The number of alkyl carbamates (subject to hydrolysis) is 1. The minimum absolute atomic E-state index is 0.0395. The number of aliphatic hydroxyl groups excluding tert-OH is 1. The third-order valence-corrected chi connectivity index (χ3v) is 10.8. The number of benzene rings is 3. The Hall–Kier alpha value is -5.95. The maximum atomic E-state index is 14.6. The van der Waals surface area contributed by atoms with Crippen LogP contribution in [0, 0.1) is 10.8 Å². The van der Waals surface area contributed by atoms with Crippen molar-refractivity contribution in [1.82, 2.24) is 30.7 Å². The number of carbonyl (C=O) groups is 4. The van der Waals surface area contributed by atoms with Crippen molar-refractivity contribution in [3.63, 3.8) is 0 Å². The van der Waals surface area contributed by atoms with Crippen LogP contribution in [-0.2, 0) is 33.7 Å². The maximum Gasteiger partial charge on any atom is 0.407 e. The van der Waals surface area contributed by atoms with Crippen LogP contribution in [-0.4, -0.2) is 99.4 Å². The number of nitrogens with zero attached hydrogens (tertiary/aromatic N) is 3. The summed E-state index contributed by atoms with van der Waals surface area (Å²) < 4.78 is 4.84. The van der Waals surface area contributed by atoms with Crippen LogP contribution >= 0.6 is 0 Å². The van der Waals surface area contributed by atoms with Gasteiger partial charge in [-0.3, -0.25) is 14.6 Å². The highest BCUT2D eigenvalue weighted by atomic mass is 16.5. The standard InChI is InChI=1S/C47H60N6O7/c1-46(2,3)40(51-44(58)60-7)42(56)49-35(27-32-20-22-33(23-21-32)36-18-13-14-24-48-36)29-39(55)37(28-31-15-9-8-10-16-31)50-43(57)41(47(4,5)6)53-26-25-52(45(53)59)30-34-17-11-12-19-38(34)54/h8-24,35,37,39-41,54-55H,25-30H2,1-7H3,(H,49,56)(H,50,57)(H,51,58)/t35-,37-,39-,40+,41+/m0/s1. The van der Waals surface area contributed by atoms with Gasteiger partial charge in [-0.1, -0.05) is 120 Å². The SMILES string of the molecule is COC(=O)N[C@H](C(=O)N[C@@H](Cc1ccc(-c2ccccn2)cc1)C[C@H](O)[C@H](Cc1ccccc1)NC(=O)[C@@H](N1CCN(Cc2ccccc2O)C1=O)C(C)(C)C)C(C)(C)C. The van der Waals surface area contributed by atoms with Gasteiger partial charge in [0.05, 0.1) is 31.5 Å². The molecule has 4 aromatic rings. The summed E-state index contributed by atoms with van der Waals surface area (Å²) in [7, 11) is 1.23. The van der Waals surface area contributed by atoms with E-state index in [9.17, 15) is 29.4 Å². The van der Waals surface area contributed by atoms with Crippen LogP contribution in [0.1, 0.15) is 64.7 Å². The average Bonchev–Trinajstić information content (AvgIpc) is 3.55. The summed E-state index contributed by atoms with van der Waals surface area (Å²) in [4.78, 5) is 62.5. The van der Waals surface area contributed by atoms with Gasteiger partial charge in [-0.15, -0.1) is 0 Å². The largest absolute Gasteiger partial charge is 0.508 e. The van der Waals surface area contributed by atoms with Crippen LogP contribution in [0.2, 0.25) is 0 Å². The molecule has 1 saturated heterocycles. The van der Waals surface area contributed by atoms with Gasteiger partial charge in [-0.05, 0) is 59.4 Å². The Kier molecular flexibility index (Phi) is 14.9. The summed E-state index contributed by atoms with van der Waals surface area (Å²) in [6.45, 7) is 12.1. The number of phenols is 1. The molecule has 1 fully saturated rings. The monoisotopic (exact) mass is 820 g/mol. The number of ether oxygens (including phenoxy) is 1. The van der Waals surface area contributed by atoms with Crippen molar-refractivity contribution in [3.8, 4) is 17.0 Å². The summed E-state index contributed by atoms with van der Waals surface area (Å²) in [6.07, 6.45) is 0.453. The zero-order chi connectivity index (χ0) is 43.6. The Morgan fingerprint density at radius 3 is 2.03 bits per heavy atom. The number of phenolic OH excluding ortho intramolecular Hbond substituents is 1. The number of amides is 5. The molecule has 5 amide bonds. The number of aliphatic hydroxyl groups is 1. The minimum atomic E-state index is -1.17. The smallest absolute Gasteiger partial charge is 0.407 e. The number of hydrogen-bond donors (Lipinski definition) is 5. The fraction of sp³-hybridized carbons (Fsp3) is 0.426. The van der Waals surface area contributed by atoms with E-state index < -0.39 is 59.0 Å². The molecule has 2 heterocycles. The number of aromatic nitrogens is 1. The van der Waals surface area contributed by atoms with E-state index in [1.165, 1.54) is 7.11 Å². The summed E-state index contributed by atoms with van der Waals surface area (Å²) in [5.74, 6) is -0.773. The van der Waals surface area contributed by atoms with Gasteiger partial charge in [-0.25, -0.2) is 9.59 Å². The molecule has 3 aromatic carbocycles. The second-order valence-corrected chi connectivity index (χ2v) is 17.7.